The zero-order valence-electron chi connectivity index (χ0n) is 11.7. The smallest absolute Gasteiger partial charge is 0.273 e. The lowest BCUT2D eigenvalue weighted by Gasteiger charge is -2.17. The van der Waals surface area contributed by atoms with Crippen molar-refractivity contribution in [2.75, 3.05) is 20.2 Å². The summed E-state index contributed by atoms with van der Waals surface area (Å²) in [6, 6.07) is 3.23. The maximum absolute atomic E-state index is 12.6. The van der Waals surface area contributed by atoms with Crippen molar-refractivity contribution in [3.63, 3.8) is 0 Å². The van der Waals surface area contributed by atoms with E-state index < -0.39 is 14.9 Å². The van der Waals surface area contributed by atoms with Crippen molar-refractivity contribution < 1.29 is 18.1 Å². The molecule has 0 saturated carbocycles. The fraction of sp³-hybridized carbons (Fsp3) is 0.500. The van der Waals surface area contributed by atoms with E-state index in [0.717, 1.165) is 12.1 Å². The fourth-order valence-corrected chi connectivity index (χ4v) is 3.98. The predicted molar refractivity (Wildman–Crippen MR) is 75.5 cm³/mol. The van der Waals surface area contributed by atoms with E-state index in [0.29, 0.717) is 6.54 Å². The monoisotopic (exact) mass is 315 g/mol. The maximum atomic E-state index is 12.6. The third-order valence-electron chi connectivity index (χ3n) is 3.61. The second-order valence-electron chi connectivity index (χ2n) is 5.06. The molecule has 116 valence electrons. The Hall–Kier alpha value is -1.71. The molecule has 1 saturated heterocycles. The molecule has 9 heteroatoms. The zero-order chi connectivity index (χ0) is 15.8. The van der Waals surface area contributed by atoms with Gasteiger partial charge in [0.2, 0.25) is 10.0 Å². The summed E-state index contributed by atoms with van der Waals surface area (Å²) in [7, 11) is -2.51. The number of sulfonamides is 1. The van der Waals surface area contributed by atoms with Crippen LogP contribution in [0.5, 0.6) is 5.75 Å². The van der Waals surface area contributed by atoms with E-state index in [4.69, 9.17) is 10.5 Å². The highest BCUT2D eigenvalue weighted by atomic mass is 32.2. The molecule has 1 fully saturated rings. The van der Waals surface area contributed by atoms with Gasteiger partial charge in [0.05, 0.1) is 18.1 Å². The van der Waals surface area contributed by atoms with E-state index >= 15 is 0 Å². The van der Waals surface area contributed by atoms with Crippen LogP contribution in [0.15, 0.2) is 23.1 Å². The molecule has 0 amide bonds. The largest absolute Gasteiger partial charge is 0.495 e. The second kappa shape index (κ2) is 5.58. The van der Waals surface area contributed by atoms with Gasteiger partial charge in [-0.2, -0.15) is 4.31 Å². The van der Waals surface area contributed by atoms with Gasteiger partial charge in [0.1, 0.15) is 10.6 Å². The summed E-state index contributed by atoms with van der Waals surface area (Å²) in [6.07, 6.45) is 0. The number of methoxy groups -OCH3 is 1. The molecule has 0 aromatic heterocycles. The summed E-state index contributed by atoms with van der Waals surface area (Å²) < 4.78 is 31.5. The van der Waals surface area contributed by atoms with Gasteiger partial charge in [-0.15, -0.1) is 0 Å². The van der Waals surface area contributed by atoms with Crippen molar-refractivity contribution in [2.24, 2.45) is 11.7 Å². The third kappa shape index (κ3) is 2.85. The van der Waals surface area contributed by atoms with Gasteiger partial charge >= 0.3 is 0 Å². The third-order valence-corrected chi connectivity index (χ3v) is 5.48. The van der Waals surface area contributed by atoms with Crippen molar-refractivity contribution in [3.05, 3.63) is 28.3 Å². The molecule has 0 spiro atoms. The lowest BCUT2D eigenvalue weighted by Crippen LogP contribution is -2.32. The van der Waals surface area contributed by atoms with Gasteiger partial charge in [-0.25, -0.2) is 8.42 Å². The van der Waals surface area contributed by atoms with Crippen molar-refractivity contribution in [1.82, 2.24) is 4.31 Å². The summed E-state index contributed by atoms with van der Waals surface area (Å²) in [6.45, 7) is 2.43. The number of benzene rings is 1. The minimum atomic E-state index is -3.78. The van der Waals surface area contributed by atoms with Crippen molar-refractivity contribution in [2.45, 2.75) is 17.9 Å². The number of nitrogens with two attached hydrogens (primary N) is 1. The molecule has 2 rings (SSSR count). The fourth-order valence-electron chi connectivity index (χ4n) is 2.26. The molecule has 0 radical (unpaired) electrons. The molecule has 2 unspecified atom stereocenters. The lowest BCUT2D eigenvalue weighted by molar-refractivity contribution is -0.385. The van der Waals surface area contributed by atoms with Crippen molar-refractivity contribution in [1.29, 1.82) is 0 Å². The van der Waals surface area contributed by atoms with Crippen molar-refractivity contribution in [3.8, 4) is 5.75 Å². The van der Waals surface area contributed by atoms with Crippen LogP contribution in [0.1, 0.15) is 6.92 Å². The topological polar surface area (TPSA) is 116 Å². The number of hydrogen-bond acceptors (Lipinski definition) is 6. The highest BCUT2D eigenvalue weighted by molar-refractivity contribution is 7.89. The quantitative estimate of drug-likeness (QED) is 0.641. The molecular formula is C12H17N3O5S. The normalized spacial score (nSPS) is 23.2. The van der Waals surface area contributed by atoms with E-state index in [-0.39, 0.29) is 34.8 Å². The summed E-state index contributed by atoms with van der Waals surface area (Å²) in [5.41, 5.74) is 5.63. The first-order chi connectivity index (χ1) is 9.77. The summed E-state index contributed by atoms with van der Waals surface area (Å²) >= 11 is 0. The van der Waals surface area contributed by atoms with Crippen LogP contribution in [-0.2, 0) is 10.0 Å². The van der Waals surface area contributed by atoms with Crippen molar-refractivity contribution >= 4 is 15.7 Å². The molecule has 8 nitrogen and oxygen atoms in total. The Bertz CT molecular complexity index is 651. The van der Waals surface area contributed by atoms with Crippen LogP contribution in [0.2, 0.25) is 0 Å². The van der Waals surface area contributed by atoms with Crippen LogP contribution < -0.4 is 10.5 Å². The average molecular weight is 315 g/mol. The second-order valence-corrected chi connectivity index (χ2v) is 6.96. The number of hydrogen-bond donors (Lipinski definition) is 1. The summed E-state index contributed by atoms with van der Waals surface area (Å²) in [5, 5.41) is 10.7. The van der Waals surface area contributed by atoms with Crippen LogP contribution in [0.25, 0.3) is 0 Å². The minimum absolute atomic E-state index is 0.0441. The van der Waals surface area contributed by atoms with Crippen LogP contribution in [0.3, 0.4) is 0 Å². The van der Waals surface area contributed by atoms with Gasteiger partial charge in [0.15, 0.2) is 0 Å². The van der Waals surface area contributed by atoms with E-state index in [2.05, 4.69) is 0 Å². The van der Waals surface area contributed by atoms with E-state index in [1.54, 1.807) is 0 Å². The predicted octanol–water partition coefficient (Wildman–Crippen LogP) is 0.571. The molecule has 2 N–H and O–H groups in total. The van der Waals surface area contributed by atoms with Gasteiger partial charge in [-0.05, 0) is 12.0 Å². The molecule has 0 bridgehead atoms. The van der Waals surface area contributed by atoms with Crippen LogP contribution >= 0.6 is 0 Å². The van der Waals surface area contributed by atoms with Gasteiger partial charge in [0, 0.05) is 25.2 Å². The molecule has 0 aliphatic carbocycles. The van der Waals surface area contributed by atoms with E-state index in [1.807, 2.05) is 6.92 Å². The first-order valence-corrected chi connectivity index (χ1v) is 7.79. The highest BCUT2D eigenvalue weighted by Crippen LogP contribution is 2.32. The Kier molecular flexibility index (Phi) is 4.17. The minimum Gasteiger partial charge on any atom is -0.495 e. The van der Waals surface area contributed by atoms with Gasteiger partial charge in [-0.3, -0.25) is 10.1 Å². The van der Waals surface area contributed by atoms with E-state index in [9.17, 15) is 18.5 Å². The number of non-ortho nitro benzene ring substituents is 1. The first kappa shape index (κ1) is 15.7. The van der Waals surface area contributed by atoms with Crippen LogP contribution in [0.4, 0.5) is 5.69 Å². The number of nitro groups is 1. The Morgan fingerprint density at radius 3 is 2.57 bits per heavy atom. The Balaban J connectivity index is 2.43. The Morgan fingerprint density at radius 2 is 2.10 bits per heavy atom. The van der Waals surface area contributed by atoms with E-state index in [1.165, 1.54) is 17.5 Å². The molecule has 1 aliphatic heterocycles. The SMILES string of the molecule is COc1cc([N+](=O)[O-])ccc1S(=O)(=O)N1CC(C)C(N)C1. The van der Waals surface area contributed by atoms with Gasteiger partial charge < -0.3 is 10.5 Å². The summed E-state index contributed by atoms with van der Waals surface area (Å²) in [4.78, 5) is 10.1. The standard InChI is InChI=1S/C12H17N3O5S/c1-8-6-14(7-10(8)13)21(18,19)12-4-3-9(15(16)17)5-11(12)20-2/h3-5,8,10H,6-7,13H2,1-2H3. The first-order valence-electron chi connectivity index (χ1n) is 6.35. The molecule has 1 heterocycles. The number of nitro benzene ring substituents is 1. The van der Waals surface area contributed by atoms with Crippen LogP contribution in [-0.4, -0.2) is 43.9 Å². The van der Waals surface area contributed by atoms with Crippen LogP contribution in [0, 0.1) is 16.0 Å². The zero-order valence-corrected chi connectivity index (χ0v) is 12.5. The Labute approximate surface area is 122 Å². The number of nitrogens with zero attached hydrogens (tertiary/aromatic N) is 2. The molecule has 1 aromatic rings. The molecule has 1 aromatic carbocycles. The number of ether oxygens (including phenoxy) is 1. The lowest BCUT2D eigenvalue weighted by atomic mass is 10.1. The molecule has 21 heavy (non-hydrogen) atoms. The van der Waals surface area contributed by atoms with Gasteiger partial charge in [-0.1, -0.05) is 6.92 Å². The highest BCUT2D eigenvalue weighted by Gasteiger charge is 2.37. The average Bonchev–Trinajstić information content (AvgIpc) is 2.78. The molecule has 2 atom stereocenters. The Morgan fingerprint density at radius 1 is 1.43 bits per heavy atom. The molecule has 1 aliphatic rings. The van der Waals surface area contributed by atoms with Gasteiger partial charge in [0.25, 0.3) is 5.69 Å². The summed E-state index contributed by atoms with van der Waals surface area (Å²) in [5.74, 6) is 0.0149. The maximum Gasteiger partial charge on any atom is 0.273 e. The molecular weight excluding hydrogens is 298 g/mol. The number of rotatable bonds is 4.